The fraction of sp³-hybridized carbons (Fsp3) is 0.0714. The van der Waals surface area contributed by atoms with Gasteiger partial charge in [-0.1, -0.05) is 42.5 Å². The summed E-state index contributed by atoms with van der Waals surface area (Å²) in [6.45, 7) is 0. The molecule has 0 saturated heterocycles. The number of nitrogens with zero attached hydrogens (tertiary/aromatic N) is 1. The number of fused-ring (bicyclic) bond motifs is 1. The summed E-state index contributed by atoms with van der Waals surface area (Å²) in [4.78, 5) is 7.40. The van der Waals surface area contributed by atoms with E-state index in [9.17, 15) is 0 Å². The fourth-order valence-corrected chi connectivity index (χ4v) is 2.02. The van der Waals surface area contributed by atoms with E-state index in [-0.39, 0.29) is 0 Å². The van der Waals surface area contributed by atoms with Crippen molar-refractivity contribution in [2.45, 2.75) is 6.42 Å². The van der Waals surface area contributed by atoms with Gasteiger partial charge in [0.1, 0.15) is 5.82 Å². The molecule has 0 amide bonds. The summed E-state index contributed by atoms with van der Waals surface area (Å²) in [5, 5.41) is 2.59. The molecule has 3 rings (SSSR count). The Morgan fingerprint density at radius 2 is 1.88 bits per heavy atom. The number of aromatic nitrogens is 2. The van der Waals surface area contributed by atoms with Crippen molar-refractivity contribution in [3.63, 3.8) is 0 Å². The van der Waals surface area contributed by atoms with Crippen molar-refractivity contribution >= 4 is 10.8 Å². The number of aromatic amines is 1. The van der Waals surface area contributed by atoms with Gasteiger partial charge in [-0.15, -0.1) is 0 Å². The van der Waals surface area contributed by atoms with Crippen LogP contribution in [0.1, 0.15) is 11.4 Å². The van der Waals surface area contributed by atoms with Gasteiger partial charge in [-0.25, -0.2) is 4.98 Å². The Morgan fingerprint density at radius 3 is 2.75 bits per heavy atom. The lowest BCUT2D eigenvalue weighted by molar-refractivity contribution is 1.03. The van der Waals surface area contributed by atoms with Crippen molar-refractivity contribution in [2.24, 2.45) is 0 Å². The minimum absolute atomic E-state index is 0.856. The van der Waals surface area contributed by atoms with E-state index in [0.717, 1.165) is 12.2 Å². The van der Waals surface area contributed by atoms with Crippen LogP contribution in [0, 0.1) is 0 Å². The monoisotopic (exact) mass is 208 g/mol. The van der Waals surface area contributed by atoms with Gasteiger partial charge < -0.3 is 4.98 Å². The molecule has 0 fully saturated rings. The van der Waals surface area contributed by atoms with Crippen molar-refractivity contribution in [1.82, 2.24) is 9.97 Å². The van der Waals surface area contributed by atoms with E-state index in [2.05, 4.69) is 52.4 Å². The van der Waals surface area contributed by atoms with Crippen LogP contribution in [0.5, 0.6) is 0 Å². The lowest BCUT2D eigenvalue weighted by Gasteiger charge is -2.04. The molecule has 0 radical (unpaired) electrons. The lowest BCUT2D eigenvalue weighted by atomic mass is 10.0. The molecular weight excluding hydrogens is 196 g/mol. The summed E-state index contributed by atoms with van der Waals surface area (Å²) in [6, 6.07) is 14.8. The van der Waals surface area contributed by atoms with Gasteiger partial charge in [-0.3, -0.25) is 0 Å². The second kappa shape index (κ2) is 3.81. The molecule has 2 aromatic carbocycles. The van der Waals surface area contributed by atoms with Crippen LogP contribution in [0.2, 0.25) is 0 Å². The molecule has 0 aliphatic rings. The van der Waals surface area contributed by atoms with Gasteiger partial charge in [-0.05, 0) is 16.3 Å². The van der Waals surface area contributed by atoms with Gasteiger partial charge in [0, 0.05) is 18.8 Å². The first-order valence-corrected chi connectivity index (χ1v) is 5.38. The Morgan fingerprint density at radius 1 is 1.00 bits per heavy atom. The third-order valence-electron chi connectivity index (χ3n) is 2.79. The van der Waals surface area contributed by atoms with Crippen molar-refractivity contribution in [1.29, 1.82) is 0 Å². The quantitative estimate of drug-likeness (QED) is 0.688. The maximum absolute atomic E-state index is 4.26. The Labute approximate surface area is 94.0 Å². The summed E-state index contributed by atoms with van der Waals surface area (Å²) < 4.78 is 0. The van der Waals surface area contributed by atoms with E-state index in [1.165, 1.54) is 16.3 Å². The molecule has 3 aromatic rings. The summed E-state index contributed by atoms with van der Waals surface area (Å²) in [5.41, 5.74) is 1.31. The van der Waals surface area contributed by atoms with Crippen molar-refractivity contribution in [3.05, 3.63) is 66.2 Å². The van der Waals surface area contributed by atoms with Crippen LogP contribution >= 0.6 is 0 Å². The van der Waals surface area contributed by atoms with Gasteiger partial charge in [0.15, 0.2) is 0 Å². The predicted molar refractivity (Wildman–Crippen MR) is 65.3 cm³/mol. The van der Waals surface area contributed by atoms with Crippen molar-refractivity contribution in [3.8, 4) is 0 Å². The summed E-state index contributed by atoms with van der Waals surface area (Å²) in [6.07, 6.45) is 4.51. The van der Waals surface area contributed by atoms with Crippen LogP contribution in [0.4, 0.5) is 0 Å². The maximum atomic E-state index is 4.26. The Bertz CT molecular complexity index is 592. The SMILES string of the molecule is c1ccc2c(Cc3ncc[nH]3)cccc2c1. The normalized spacial score (nSPS) is 10.8. The van der Waals surface area contributed by atoms with Crippen molar-refractivity contribution in [2.75, 3.05) is 0 Å². The van der Waals surface area contributed by atoms with Crippen LogP contribution in [-0.2, 0) is 6.42 Å². The largest absolute Gasteiger partial charge is 0.348 e. The van der Waals surface area contributed by atoms with Gasteiger partial charge in [0.05, 0.1) is 0 Å². The summed E-state index contributed by atoms with van der Waals surface area (Å²) >= 11 is 0. The Hall–Kier alpha value is -2.09. The second-order valence-corrected chi connectivity index (χ2v) is 3.85. The topological polar surface area (TPSA) is 28.7 Å². The number of H-pyrrole nitrogens is 1. The number of hydrogen-bond acceptors (Lipinski definition) is 1. The molecule has 16 heavy (non-hydrogen) atoms. The highest BCUT2D eigenvalue weighted by atomic mass is 14.9. The van der Waals surface area contributed by atoms with Crippen LogP contribution in [0.3, 0.4) is 0 Å². The molecule has 0 bridgehead atoms. The van der Waals surface area contributed by atoms with Gasteiger partial charge in [-0.2, -0.15) is 0 Å². The molecular formula is C14H12N2. The molecule has 2 nitrogen and oxygen atoms in total. The summed E-state index contributed by atoms with van der Waals surface area (Å²) in [5.74, 6) is 1.01. The van der Waals surface area contributed by atoms with E-state index < -0.39 is 0 Å². The molecule has 78 valence electrons. The van der Waals surface area contributed by atoms with Gasteiger partial charge >= 0.3 is 0 Å². The first-order valence-electron chi connectivity index (χ1n) is 5.38. The highest BCUT2D eigenvalue weighted by molar-refractivity contribution is 5.85. The molecule has 2 heteroatoms. The zero-order chi connectivity index (χ0) is 10.8. The zero-order valence-electron chi connectivity index (χ0n) is 8.85. The van der Waals surface area contributed by atoms with E-state index in [1.807, 2.05) is 6.20 Å². The molecule has 0 unspecified atom stereocenters. The number of rotatable bonds is 2. The molecule has 1 aromatic heterocycles. The zero-order valence-corrected chi connectivity index (χ0v) is 8.85. The molecule has 0 spiro atoms. The average Bonchev–Trinajstić information content (AvgIpc) is 2.82. The number of nitrogens with one attached hydrogen (secondary N) is 1. The first-order chi connectivity index (χ1) is 7.93. The molecule has 1 N–H and O–H groups in total. The highest BCUT2D eigenvalue weighted by Crippen LogP contribution is 2.19. The molecule has 0 saturated carbocycles. The van der Waals surface area contributed by atoms with E-state index in [4.69, 9.17) is 0 Å². The van der Waals surface area contributed by atoms with Crippen LogP contribution in [0.15, 0.2) is 54.9 Å². The molecule has 1 heterocycles. The molecule has 0 atom stereocenters. The minimum atomic E-state index is 0.856. The predicted octanol–water partition coefficient (Wildman–Crippen LogP) is 3.15. The van der Waals surface area contributed by atoms with Crippen LogP contribution in [-0.4, -0.2) is 9.97 Å². The third-order valence-corrected chi connectivity index (χ3v) is 2.79. The maximum Gasteiger partial charge on any atom is 0.110 e. The number of benzene rings is 2. The highest BCUT2D eigenvalue weighted by Gasteiger charge is 2.02. The van der Waals surface area contributed by atoms with Crippen LogP contribution < -0.4 is 0 Å². The first kappa shape index (κ1) is 9.16. The standard InChI is InChI=1S/C14H12N2/c1-2-7-13-11(4-1)5-3-6-12(13)10-14-15-8-9-16-14/h1-9H,10H2,(H,15,16). The van der Waals surface area contributed by atoms with Crippen molar-refractivity contribution < 1.29 is 0 Å². The third kappa shape index (κ3) is 1.58. The van der Waals surface area contributed by atoms with Crippen LogP contribution in [0.25, 0.3) is 10.8 Å². The number of imidazole rings is 1. The lowest BCUT2D eigenvalue weighted by Crippen LogP contribution is -1.91. The number of hydrogen-bond donors (Lipinski definition) is 1. The Kier molecular flexibility index (Phi) is 2.18. The molecule has 0 aliphatic heterocycles. The summed E-state index contributed by atoms with van der Waals surface area (Å²) in [7, 11) is 0. The van der Waals surface area contributed by atoms with E-state index in [1.54, 1.807) is 6.20 Å². The smallest absolute Gasteiger partial charge is 0.110 e. The van der Waals surface area contributed by atoms with E-state index in [0.29, 0.717) is 0 Å². The minimum Gasteiger partial charge on any atom is -0.348 e. The Balaban J connectivity index is 2.10. The van der Waals surface area contributed by atoms with Gasteiger partial charge in [0.25, 0.3) is 0 Å². The molecule has 0 aliphatic carbocycles. The van der Waals surface area contributed by atoms with Gasteiger partial charge in [0.2, 0.25) is 0 Å². The van der Waals surface area contributed by atoms with E-state index >= 15 is 0 Å². The average molecular weight is 208 g/mol. The fourth-order valence-electron chi connectivity index (χ4n) is 2.02. The second-order valence-electron chi connectivity index (χ2n) is 3.85.